The van der Waals surface area contributed by atoms with Gasteiger partial charge < -0.3 is 5.32 Å². The fourth-order valence-electron chi connectivity index (χ4n) is 2.07. The number of aromatic amines is 1. The average Bonchev–Trinajstić information content (AvgIpc) is 2.96. The zero-order valence-electron chi connectivity index (χ0n) is 11.7. The largest absolute Gasteiger partial charge is 0.379 e. The van der Waals surface area contributed by atoms with Gasteiger partial charge in [0, 0.05) is 18.4 Å². The molecule has 0 saturated heterocycles. The lowest BCUT2D eigenvalue weighted by atomic mass is 10.2. The van der Waals surface area contributed by atoms with Crippen molar-refractivity contribution >= 4 is 5.69 Å². The maximum Gasteiger partial charge on any atom is 0.0567 e. The number of hydrogen-bond acceptors (Lipinski definition) is 3. The Bertz CT molecular complexity index is 475. The molecule has 0 spiro atoms. The van der Waals surface area contributed by atoms with Gasteiger partial charge in [0.1, 0.15) is 0 Å². The van der Waals surface area contributed by atoms with E-state index in [1.807, 2.05) is 6.07 Å². The van der Waals surface area contributed by atoms with Gasteiger partial charge in [-0.2, -0.15) is 5.10 Å². The van der Waals surface area contributed by atoms with Gasteiger partial charge in [-0.15, -0.1) is 0 Å². The Balaban J connectivity index is 1.94. The molecule has 1 heterocycles. The van der Waals surface area contributed by atoms with Crippen molar-refractivity contribution < 1.29 is 0 Å². The van der Waals surface area contributed by atoms with Crippen LogP contribution in [-0.2, 0) is 13.1 Å². The summed E-state index contributed by atoms with van der Waals surface area (Å²) in [5, 5.41) is 10.3. The van der Waals surface area contributed by atoms with Crippen LogP contribution in [0.3, 0.4) is 0 Å². The van der Waals surface area contributed by atoms with Gasteiger partial charge in [0.05, 0.1) is 12.2 Å². The van der Waals surface area contributed by atoms with E-state index in [4.69, 9.17) is 0 Å². The van der Waals surface area contributed by atoms with Gasteiger partial charge >= 0.3 is 0 Å². The minimum Gasteiger partial charge on any atom is -0.379 e. The Kier molecular flexibility index (Phi) is 4.98. The first kappa shape index (κ1) is 13.6. The van der Waals surface area contributed by atoms with E-state index in [0.29, 0.717) is 0 Å². The van der Waals surface area contributed by atoms with Gasteiger partial charge in [-0.25, -0.2) is 0 Å². The third-order valence-electron chi connectivity index (χ3n) is 3.27. The van der Waals surface area contributed by atoms with E-state index in [1.54, 1.807) is 6.20 Å². The SMILES string of the molecule is CCN(CC)Cc1cccc(NCc2ccn[nH]2)c1. The molecule has 4 heteroatoms. The summed E-state index contributed by atoms with van der Waals surface area (Å²) in [5.74, 6) is 0. The zero-order valence-corrected chi connectivity index (χ0v) is 11.7. The predicted octanol–water partition coefficient (Wildman–Crippen LogP) is 2.86. The molecule has 0 bridgehead atoms. The predicted molar refractivity (Wildman–Crippen MR) is 79.0 cm³/mol. The highest BCUT2D eigenvalue weighted by Gasteiger charge is 2.02. The highest BCUT2D eigenvalue weighted by atomic mass is 15.1. The topological polar surface area (TPSA) is 44.0 Å². The second-order valence-electron chi connectivity index (χ2n) is 4.60. The summed E-state index contributed by atoms with van der Waals surface area (Å²) in [4.78, 5) is 2.41. The maximum atomic E-state index is 3.94. The molecule has 0 fully saturated rings. The molecule has 1 aromatic carbocycles. The third-order valence-corrected chi connectivity index (χ3v) is 3.27. The molecule has 102 valence electrons. The number of hydrogen-bond donors (Lipinski definition) is 2. The summed E-state index contributed by atoms with van der Waals surface area (Å²) in [6.07, 6.45) is 1.77. The first-order valence-corrected chi connectivity index (χ1v) is 6.85. The lowest BCUT2D eigenvalue weighted by Crippen LogP contribution is -2.22. The summed E-state index contributed by atoms with van der Waals surface area (Å²) in [5.41, 5.74) is 3.59. The summed E-state index contributed by atoms with van der Waals surface area (Å²) < 4.78 is 0. The van der Waals surface area contributed by atoms with Crippen LogP contribution in [0.1, 0.15) is 25.1 Å². The van der Waals surface area contributed by atoms with E-state index < -0.39 is 0 Å². The first-order valence-electron chi connectivity index (χ1n) is 6.85. The van der Waals surface area contributed by atoms with Gasteiger partial charge in [0.2, 0.25) is 0 Å². The normalized spacial score (nSPS) is 10.9. The van der Waals surface area contributed by atoms with Gasteiger partial charge in [-0.3, -0.25) is 10.00 Å². The highest BCUT2D eigenvalue weighted by Crippen LogP contribution is 2.13. The summed E-state index contributed by atoms with van der Waals surface area (Å²) in [6, 6.07) is 10.6. The zero-order chi connectivity index (χ0) is 13.5. The number of anilines is 1. The number of rotatable bonds is 7. The van der Waals surface area contributed by atoms with Crippen LogP contribution < -0.4 is 5.32 Å². The molecule has 2 rings (SSSR count). The van der Waals surface area contributed by atoms with E-state index in [1.165, 1.54) is 5.56 Å². The van der Waals surface area contributed by atoms with Crippen molar-refractivity contribution in [3.63, 3.8) is 0 Å². The third kappa shape index (κ3) is 4.10. The van der Waals surface area contributed by atoms with E-state index in [9.17, 15) is 0 Å². The number of aromatic nitrogens is 2. The van der Waals surface area contributed by atoms with Crippen LogP contribution >= 0.6 is 0 Å². The van der Waals surface area contributed by atoms with E-state index in [2.05, 4.69) is 58.5 Å². The van der Waals surface area contributed by atoms with Crippen molar-refractivity contribution in [2.24, 2.45) is 0 Å². The highest BCUT2D eigenvalue weighted by molar-refractivity contribution is 5.45. The van der Waals surface area contributed by atoms with Crippen LogP contribution in [0.5, 0.6) is 0 Å². The van der Waals surface area contributed by atoms with E-state index >= 15 is 0 Å². The van der Waals surface area contributed by atoms with Crippen molar-refractivity contribution in [1.29, 1.82) is 0 Å². The summed E-state index contributed by atoms with van der Waals surface area (Å²) >= 11 is 0. The number of nitrogens with one attached hydrogen (secondary N) is 2. The molecule has 2 aromatic rings. The molecule has 0 saturated carbocycles. The average molecular weight is 258 g/mol. The molecule has 0 aliphatic rings. The van der Waals surface area contributed by atoms with Gasteiger partial charge in [0.25, 0.3) is 0 Å². The quantitative estimate of drug-likeness (QED) is 0.802. The molecule has 0 aliphatic heterocycles. The van der Waals surface area contributed by atoms with Gasteiger partial charge in [-0.1, -0.05) is 26.0 Å². The van der Waals surface area contributed by atoms with Crippen molar-refractivity contribution in [2.45, 2.75) is 26.9 Å². The fraction of sp³-hybridized carbons (Fsp3) is 0.400. The Labute approximate surface area is 114 Å². The van der Waals surface area contributed by atoms with Crippen LogP contribution in [0.4, 0.5) is 5.69 Å². The molecule has 4 nitrogen and oxygen atoms in total. The Hall–Kier alpha value is -1.81. The van der Waals surface area contributed by atoms with Crippen molar-refractivity contribution in [1.82, 2.24) is 15.1 Å². The lowest BCUT2D eigenvalue weighted by Gasteiger charge is -2.18. The molecule has 0 amide bonds. The molecule has 0 atom stereocenters. The van der Waals surface area contributed by atoms with Crippen molar-refractivity contribution in [3.8, 4) is 0 Å². The van der Waals surface area contributed by atoms with E-state index in [0.717, 1.165) is 37.6 Å². The summed E-state index contributed by atoms with van der Waals surface area (Å²) in [7, 11) is 0. The number of nitrogens with zero attached hydrogens (tertiary/aromatic N) is 2. The van der Waals surface area contributed by atoms with Crippen LogP contribution in [0.25, 0.3) is 0 Å². The Morgan fingerprint density at radius 2 is 2.05 bits per heavy atom. The second kappa shape index (κ2) is 6.95. The summed E-state index contributed by atoms with van der Waals surface area (Å²) in [6.45, 7) is 8.35. The van der Waals surface area contributed by atoms with E-state index in [-0.39, 0.29) is 0 Å². The molecule has 2 N–H and O–H groups in total. The maximum absolute atomic E-state index is 3.94. The van der Waals surface area contributed by atoms with Crippen LogP contribution in [-0.4, -0.2) is 28.2 Å². The van der Waals surface area contributed by atoms with Gasteiger partial charge in [0.15, 0.2) is 0 Å². The standard InChI is InChI=1S/C15H22N4/c1-3-19(4-2)12-13-6-5-7-14(10-13)16-11-15-8-9-17-18-15/h5-10,16H,3-4,11-12H2,1-2H3,(H,17,18). The number of H-pyrrole nitrogens is 1. The second-order valence-corrected chi connectivity index (χ2v) is 4.60. The van der Waals surface area contributed by atoms with Crippen molar-refractivity contribution in [2.75, 3.05) is 18.4 Å². The number of benzene rings is 1. The molecule has 0 radical (unpaired) electrons. The first-order chi connectivity index (χ1) is 9.31. The monoisotopic (exact) mass is 258 g/mol. The minimum atomic E-state index is 0.773. The van der Waals surface area contributed by atoms with Crippen LogP contribution in [0.15, 0.2) is 36.5 Å². The van der Waals surface area contributed by atoms with Gasteiger partial charge in [-0.05, 0) is 36.9 Å². The fourth-order valence-corrected chi connectivity index (χ4v) is 2.07. The van der Waals surface area contributed by atoms with Crippen LogP contribution in [0, 0.1) is 0 Å². The Morgan fingerprint density at radius 1 is 1.21 bits per heavy atom. The smallest absolute Gasteiger partial charge is 0.0567 e. The molecule has 0 aliphatic carbocycles. The van der Waals surface area contributed by atoms with Crippen LogP contribution in [0.2, 0.25) is 0 Å². The molecular formula is C15H22N4. The molecular weight excluding hydrogens is 236 g/mol. The molecule has 0 unspecified atom stereocenters. The Morgan fingerprint density at radius 3 is 2.74 bits per heavy atom. The molecule has 19 heavy (non-hydrogen) atoms. The minimum absolute atomic E-state index is 0.773. The molecule has 1 aromatic heterocycles. The van der Waals surface area contributed by atoms with Crippen molar-refractivity contribution in [3.05, 3.63) is 47.8 Å². The lowest BCUT2D eigenvalue weighted by molar-refractivity contribution is 0.296.